The minimum Gasteiger partial charge on any atom is -0.497 e. The van der Waals surface area contributed by atoms with E-state index in [0.29, 0.717) is 41.4 Å². The Bertz CT molecular complexity index is 1180. The van der Waals surface area contributed by atoms with Crippen LogP contribution >= 0.6 is 0 Å². The maximum atomic E-state index is 12.8. The minimum absolute atomic E-state index is 0.00279. The summed E-state index contributed by atoms with van der Waals surface area (Å²) in [4.78, 5) is 32.0. The van der Waals surface area contributed by atoms with Crippen LogP contribution in [0.15, 0.2) is 29.1 Å². The quantitative estimate of drug-likeness (QED) is 0.522. The van der Waals surface area contributed by atoms with Crippen molar-refractivity contribution in [3.05, 3.63) is 45.7 Å². The van der Waals surface area contributed by atoms with E-state index in [2.05, 4.69) is 15.3 Å². The summed E-state index contributed by atoms with van der Waals surface area (Å²) in [7, 11) is 3.05. The largest absolute Gasteiger partial charge is 0.497 e. The zero-order valence-corrected chi connectivity index (χ0v) is 19.3. The predicted molar refractivity (Wildman–Crippen MR) is 124 cm³/mol. The highest BCUT2D eigenvalue weighted by atomic mass is 16.5. The molecule has 0 aliphatic heterocycles. The Hall–Kier alpha value is -3.55. The van der Waals surface area contributed by atoms with Crippen molar-refractivity contribution < 1.29 is 19.0 Å². The highest BCUT2D eigenvalue weighted by Crippen LogP contribution is 2.31. The van der Waals surface area contributed by atoms with Crippen molar-refractivity contribution >= 4 is 16.8 Å². The fourth-order valence-electron chi connectivity index (χ4n) is 3.47. The van der Waals surface area contributed by atoms with Crippen molar-refractivity contribution in [2.75, 3.05) is 27.4 Å². The molecule has 0 unspecified atom stereocenters. The monoisotopic (exact) mass is 439 g/mol. The molecule has 0 saturated carbocycles. The Morgan fingerprint density at radius 3 is 2.38 bits per heavy atom. The fourth-order valence-corrected chi connectivity index (χ4v) is 3.47. The Labute approximate surface area is 186 Å². The number of carbonyl (C=O) groups excluding carboxylic acids is 1. The van der Waals surface area contributed by atoms with Gasteiger partial charge in [0, 0.05) is 23.6 Å². The van der Waals surface area contributed by atoms with Gasteiger partial charge >= 0.3 is 0 Å². The van der Waals surface area contributed by atoms with Crippen molar-refractivity contribution in [2.24, 2.45) is 5.92 Å². The molecule has 1 amide bonds. The van der Waals surface area contributed by atoms with E-state index >= 15 is 0 Å². The second-order valence-electron chi connectivity index (χ2n) is 7.87. The molecular weight excluding hydrogens is 410 g/mol. The molecule has 3 aromatic rings. The average Bonchev–Trinajstić information content (AvgIpc) is 2.76. The van der Waals surface area contributed by atoms with E-state index in [9.17, 15) is 9.59 Å². The van der Waals surface area contributed by atoms with E-state index in [0.717, 1.165) is 22.4 Å². The first-order valence-corrected chi connectivity index (χ1v) is 10.4. The topological polar surface area (TPSA) is 103 Å². The summed E-state index contributed by atoms with van der Waals surface area (Å²) in [5, 5.41) is 3.21. The number of carbonyl (C=O) groups is 1. The van der Waals surface area contributed by atoms with Crippen LogP contribution in [0.4, 0.5) is 0 Å². The number of H-pyrrole nitrogens is 1. The first-order valence-electron chi connectivity index (χ1n) is 10.4. The lowest BCUT2D eigenvalue weighted by atomic mass is 10.0. The molecule has 2 N–H and O–H groups in total. The van der Waals surface area contributed by atoms with Crippen molar-refractivity contribution in [1.82, 2.24) is 15.3 Å². The number of hydrogen-bond acceptors (Lipinski definition) is 6. The summed E-state index contributed by atoms with van der Waals surface area (Å²) in [6, 6.07) is 7.19. The standard InChI is InChI=1S/C24H29N3O5/c1-13(2)23(28)25-7-8-32-21-14(3)9-16(10-15(21)4)22-26-18-11-17(30-5)12-19(31-6)20(18)24(29)27-22/h9-13H,7-8H2,1-6H3,(H,25,28)(H,26,27,29). The number of ether oxygens (including phenoxy) is 3. The molecule has 0 aliphatic carbocycles. The maximum absolute atomic E-state index is 12.8. The minimum atomic E-state index is -0.291. The average molecular weight is 440 g/mol. The normalized spacial score (nSPS) is 11.0. The van der Waals surface area contributed by atoms with E-state index in [1.54, 1.807) is 19.2 Å². The van der Waals surface area contributed by atoms with Crippen molar-refractivity contribution in [3.8, 4) is 28.6 Å². The van der Waals surface area contributed by atoms with Crippen molar-refractivity contribution in [2.45, 2.75) is 27.7 Å². The molecule has 1 heterocycles. The molecule has 8 nitrogen and oxygen atoms in total. The number of aromatic nitrogens is 2. The molecule has 0 aliphatic rings. The second kappa shape index (κ2) is 9.72. The van der Waals surface area contributed by atoms with Crippen LogP contribution in [0.1, 0.15) is 25.0 Å². The molecule has 170 valence electrons. The lowest BCUT2D eigenvalue weighted by molar-refractivity contribution is -0.124. The SMILES string of the molecule is COc1cc(OC)c2c(=O)[nH]c(-c3cc(C)c(OCCNC(=O)C(C)C)c(C)c3)nc2c1. The van der Waals surface area contributed by atoms with Crippen LogP contribution in [0, 0.1) is 19.8 Å². The number of methoxy groups -OCH3 is 2. The molecule has 0 spiro atoms. The van der Waals surface area contributed by atoms with E-state index in [1.807, 2.05) is 39.8 Å². The number of nitrogens with one attached hydrogen (secondary N) is 2. The van der Waals surface area contributed by atoms with Crippen LogP contribution in [0.3, 0.4) is 0 Å². The molecule has 0 bridgehead atoms. The van der Waals surface area contributed by atoms with Crippen molar-refractivity contribution in [1.29, 1.82) is 0 Å². The maximum Gasteiger partial charge on any atom is 0.262 e. The zero-order valence-electron chi connectivity index (χ0n) is 19.3. The van der Waals surface area contributed by atoms with E-state index in [-0.39, 0.29) is 17.4 Å². The van der Waals surface area contributed by atoms with Crippen molar-refractivity contribution in [3.63, 3.8) is 0 Å². The lowest BCUT2D eigenvalue weighted by Crippen LogP contribution is -2.31. The molecule has 0 fully saturated rings. The van der Waals surface area contributed by atoms with Gasteiger partial charge in [-0.25, -0.2) is 4.98 Å². The number of aromatic amines is 1. The number of amides is 1. The molecule has 0 saturated heterocycles. The molecule has 32 heavy (non-hydrogen) atoms. The Balaban J connectivity index is 1.90. The Kier molecular flexibility index (Phi) is 7.02. The van der Waals surface area contributed by atoms with Gasteiger partial charge in [-0.3, -0.25) is 9.59 Å². The lowest BCUT2D eigenvalue weighted by Gasteiger charge is -2.15. The van der Waals surface area contributed by atoms with Crippen LogP contribution in [-0.4, -0.2) is 43.2 Å². The number of benzene rings is 2. The highest BCUT2D eigenvalue weighted by molar-refractivity contribution is 5.87. The van der Waals surface area contributed by atoms with E-state index < -0.39 is 0 Å². The fraction of sp³-hybridized carbons (Fsp3) is 0.375. The molecule has 8 heteroatoms. The first kappa shape index (κ1) is 23.1. The summed E-state index contributed by atoms with van der Waals surface area (Å²) in [5.41, 5.74) is 2.76. The molecule has 1 aromatic heterocycles. The number of nitrogens with zero attached hydrogens (tertiary/aromatic N) is 1. The predicted octanol–water partition coefficient (Wildman–Crippen LogP) is 3.38. The van der Waals surface area contributed by atoms with Gasteiger partial charge in [-0.1, -0.05) is 13.8 Å². The third-order valence-corrected chi connectivity index (χ3v) is 5.11. The summed E-state index contributed by atoms with van der Waals surface area (Å²) in [6.07, 6.45) is 0. The van der Waals surface area contributed by atoms with E-state index in [4.69, 9.17) is 14.2 Å². The summed E-state index contributed by atoms with van der Waals surface area (Å²) < 4.78 is 16.5. The van der Waals surface area contributed by atoms with Gasteiger partial charge in [0.1, 0.15) is 35.1 Å². The van der Waals surface area contributed by atoms with Gasteiger partial charge in [-0.05, 0) is 37.1 Å². The van der Waals surface area contributed by atoms with E-state index in [1.165, 1.54) is 7.11 Å². The van der Waals surface area contributed by atoms with Crippen LogP contribution in [0.5, 0.6) is 17.2 Å². The smallest absolute Gasteiger partial charge is 0.262 e. The van der Waals surface area contributed by atoms with Gasteiger partial charge in [-0.15, -0.1) is 0 Å². The van der Waals surface area contributed by atoms with Crippen LogP contribution in [0.25, 0.3) is 22.3 Å². The first-order chi connectivity index (χ1) is 15.2. The highest BCUT2D eigenvalue weighted by Gasteiger charge is 2.15. The molecule has 2 aromatic carbocycles. The molecule has 0 atom stereocenters. The summed E-state index contributed by atoms with van der Waals surface area (Å²) >= 11 is 0. The molecule has 0 radical (unpaired) electrons. The third kappa shape index (κ3) is 4.85. The van der Waals surface area contributed by atoms with Gasteiger partial charge in [0.2, 0.25) is 5.91 Å². The van der Waals surface area contributed by atoms with Gasteiger partial charge in [0.15, 0.2) is 0 Å². The number of aryl methyl sites for hydroxylation is 2. The van der Waals surface area contributed by atoms with Crippen LogP contribution < -0.4 is 25.1 Å². The Morgan fingerprint density at radius 1 is 1.09 bits per heavy atom. The second-order valence-corrected chi connectivity index (χ2v) is 7.87. The van der Waals surface area contributed by atoms with Gasteiger partial charge in [0.25, 0.3) is 5.56 Å². The number of rotatable bonds is 8. The molecule has 3 rings (SSSR count). The number of hydrogen-bond donors (Lipinski definition) is 2. The summed E-state index contributed by atoms with van der Waals surface area (Å²) in [6.45, 7) is 8.36. The zero-order chi connectivity index (χ0) is 23.4. The summed E-state index contributed by atoms with van der Waals surface area (Å²) in [5.74, 6) is 2.09. The van der Waals surface area contributed by atoms with Gasteiger partial charge < -0.3 is 24.5 Å². The van der Waals surface area contributed by atoms with Gasteiger partial charge in [0.05, 0.1) is 26.3 Å². The third-order valence-electron chi connectivity index (χ3n) is 5.11. The Morgan fingerprint density at radius 2 is 1.78 bits per heavy atom. The van der Waals surface area contributed by atoms with Crippen LogP contribution in [-0.2, 0) is 4.79 Å². The number of fused-ring (bicyclic) bond motifs is 1. The van der Waals surface area contributed by atoms with Gasteiger partial charge in [-0.2, -0.15) is 0 Å². The molecular formula is C24H29N3O5. The van der Waals surface area contributed by atoms with Crippen LogP contribution in [0.2, 0.25) is 0 Å².